The first kappa shape index (κ1) is 21.3. The molecule has 154 valence electrons. The van der Waals surface area contributed by atoms with Crippen LogP contribution in [0.5, 0.6) is 11.5 Å². The van der Waals surface area contributed by atoms with E-state index in [-0.39, 0.29) is 22.4 Å². The van der Waals surface area contributed by atoms with Gasteiger partial charge in [-0.15, -0.1) is 0 Å². The Hall–Kier alpha value is -3.42. The lowest BCUT2D eigenvalue weighted by Crippen LogP contribution is -2.12. The highest BCUT2D eigenvalue weighted by molar-refractivity contribution is 6.30. The van der Waals surface area contributed by atoms with Crippen molar-refractivity contribution in [2.45, 2.75) is 20.0 Å². The number of nitrogens with one attached hydrogen (secondary N) is 2. The molecule has 3 aromatic rings. The number of nitrogens with zero attached hydrogens (tertiary/aromatic N) is 1. The molecule has 0 aliphatic carbocycles. The first-order chi connectivity index (χ1) is 14.4. The van der Waals surface area contributed by atoms with Gasteiger partial charge in [-0.1, -0.05) is 35.9 Å². The lowest BCUT2D eigenvalue weighted by atomic mass is 10.2. The molecule has 0 bridgehead atoms. The topological polar surface area (TPSA) is 93.5 Å². The van der Waals surface area contributed by atoms with Crippen molar-refractivity contribution >= 4 is 28.9 Å². The van der Waals surface area contributed by atoms with Crippen LogP contribution in [0.4, 0.5) is 11.4 Å². The number of nitro groups is 1. The van der Waals surface area contributed by atoms with E-state index in [0.29, 0.717) is 18.8 Å². The fourth-order valence-corrected chi connectivity index (χ4v) is 2.95. The number of benzene rings is 3. The maximum absolute atomic E-state index is 11.2. The number of nitro benzene ring substituents is 1. The van der Waals surface area contributed by atoms with Gasteiger partial charge in [0.1, 0.15) is 5.75 Å². The molecule has 0 aliphatic heterocycles. The van der Waals surface area contributed by atoms with E-state index in [1.165, 1.54) is 19.1 Å². The van der Waals surface area contributed by atoms with Crippen molar-refractivity contribution in [3.05, 3.63) is 93.0 Å². The van der Waals surface area contributed by atoms with E-state index in [9.17, 15) is 14.9 Å². The second-order valence-corrected chi connectivity index (χ2v) is 7.03. The number of amides is 1. The van der Waals surface area contributed by atoms with Crippen LogP contribution in [0.1, 0.15) is 18.1 Å². The first-order valence-corrected chi connectivity index (χ1v) is 9.56. The molecule has 30 heavy (non-hydrogen) atoms. The molecule has 2 N–H and O–H groups in total. The molecule has 0 radical (unpaired) electrons. The Labute approximate surface area is 178 Å². The summed E-state index contributed by atoms with van der Waals surface area (Å²) in [6.07, 6.45) is 0. The highest BCUT2D eigenvalue weighted by Gasteiger charge is 2.16. The van der Waals surface area contributed by atoms with Gasteiger partial charge in [-0.25, -0.2) is 0 Å². The second-order valence-electron chi connectivity index (χ2n) is 6.60. The van der Waals surface area contributed by atoms with E-state index < -0.39 is 4.92 Å². The van der Waals surface area contributed by atoms with Crippen molar-refractivity contribution in [2.24, 2.45) is 0 Å². The highest BCUT2D eigenvalue weighted by atomic mass is 35.5. The van der Waals surface area contributed by atoms with Crippen LogP contribution in [0.3, 0.4) is 0 Å². The molecule has 7 nitrogen and oxygen atoms in total. The average Bonchev–Trinajstić information content (AvgIpc) is 2.71. The molecular weight excluding hydrogens is 406 g/mol. The van der Waals surface area contributed by atoms with Gasteiger partial charge in [0.2, 0.25) is 11.7 Å². The van der Waals surface area contributed by atoms with Crippen molar-refractivity contribution in [3.8, 4) is 11.5 Å². The molecule has 0 saturated carbocycles. The van der Waals surface area contributed by atoms with E-state index in [2.05, 4.69) is 10.6 Å². The molecular formula is C22H20ClN3O4. The third kappa shape index (κ3) is 6.04. The van der Waals surface area contributed by atoms with Crippen LogP contribution in [0.15, 0.2) is 66.7 Å². The number of hydrogen-bond donors (Lipinski definition) is 2. The standard InChI is InChI=1S/C22H20ClN3O4/c1-15(27)25-19-7-2-16(3-8-19)13-24-14-17-4-9-20(10-5-17)30-22-11-6-18(23)12-21(22)26(28)29/h2-12,24H,13-14H2,1H3,(H,25,27). The fraction of sp³-hybridized carbons (Fsp3) is 0.136. The van der Waals surface area contributed by atoms with E-state index in [1.54, 1.807) is 18.2 Å². The molecule has 0 spiro atoms. The SMILES string of the molecule is CC(=O)Nc1ccc(CNCc2ccc(Oc3ccc(Cl)cc3[N+](=O)[O-])cc2)cc1. The molecule has 1 amide bonds. The van der Waals surface area contributed by atoms with Crippen LogP contribution >= 0.6 is 11.6 Å². The van der Waals surface area contributed by atoms with Crippen LogP contribution in [0.25, 0.3) is 0 Å². The maximum Gasteiger partial charge on any atom is 0.313 e. The van der Waals surface area contributed by atoms with Crippen molar-refractivity contribution < 1.29 is 14.5 Å². The van der Waals surface area contributed by atoms with Crippen molar-refractivity contribution in [1.29, 1.82) is 0 Å². The number of anilines is 1. The summed E-state index contributed by atoms with van der Waals surface area (Å²) >= 11 is 5.82. The maximum atomic E-state index is 11.2. The Bertz CT molecular complexity index is 1040. The van der Waals surface area contributed by atoms with Gasteiger partial charge in [-0.2, -0.15) is 0 Å². The zero-order chi connectivity index (χ0) is 21.5. The van der Waals surface area contributed by atoms with Crippen LogP contribution in [0, 0.1) is 10.1 Å². The van der Waals surface area contributed by atoms with Crippen molar-refractivity contribution in [3.63, 3.8) is 0 Å². The quantitative estimate of drug-likeness (QED) is 0.378. The minimum atomic E-state index is -0.526. The number of rotatable bonds is 8. The van der Waals surface area contributed by atoms with E-state index in [0.717, 1.165) is 16.8 Å². The molecule has 0 atom stereocenters. The molecule has 0 saturated heterocycles. The third-order valence-electron chi connectivity index (χ3n) is 4.20. The number of halogens is 1. The Morgan fingerprint density at radius 1 is 1.00 bits per heavy atom. The molecule has 0 heterocycles. The molecule has 0 fully saturated rings. The number of carbonyl (C=O) groups excluding carboxylic acids is 1. The number of hydrogen-bond acceptors (Lipinski definition) is 5. The lowest BCUT2D eigenvalue weighted by Gasteiger charge is -2.09. The van der Waals surface area contributed by atoms with Gasteiger partial charge in [-0.3, -0.25) is 14.9 Å². The summed E-state index contributed by atoms with van der Waals surface area (Å²) in [6, 6.07) is 19.2. The van der Waals surface area contributed by atoms with Gasteiger partial charge in [0, 0.05) is 36.8 Å². The number of ether oxygens (including phenoxy) is 1. The van der Waals surface area contributed by atoms with Crippen molar-refractivity contribution in [1.82, 2.24) is 5.32 Å². The van der Waals surface area contributed by atoms with Gasteiger partial charge in [0.15, 0.2) is 0 Å². The summed E-state index contributed by atoms with van der Waals surface area (Å²) in [6.45, 7) is 2.80. The molecule has 0 aromatic heterocycles. The highest BCUT2D eigenvalue weighted by Crippen LogP contribution is 2.33. The molecule has 0 aliphatic rings. The normalized spacial score (nSPS) is 10.5. The first-order valence-electron chi connectivity index (χ1n) is 9.19. The smallest absolute Gasteiger partial charge is 0.313 e. The summed E-state index contributed by atoms with van der Waals surface area (Å²) < 4.78 is 5.64. The Morgan fingerprint density at radius 2 is 1.60 bits per heavy atom. The van der Waals surface area contributed by atoms with Gasteiger partial charge >= 0.3 is 5.69 Å². The Kier molecular flexibility index (Phi) is 7.00. The molecule has 3 aromatic carbocycles. The predicted molar refractivity (Wildman–Crippen MR) is 116 cm³/mol. The third-order valence-corrected chi connectivity index (χ3v) is 4.44. The molecule has 8 heteroatoms. The molecule has 3 rings (SSSR count). The molecule has 0 unspecified atom stereocenters. The largest absolute Gasteiger partial charge is 0.450 e. The van der Waals surface area contributed by atoms with Crippen LogP contribution in [0.2, 0.25) is 5.02 Å². The second kappa shape index (κ2) is 9.87. The van der Waals surface area contributed by atoms with Crippen LogP contribution in [-0.2, 0) is 17.9 Å². The summed E-state index contributed by atoms with van der Waals surface area (Å²) in [5.74, 6) is 0.537. The average molecular weight is 426 g/mol. The summed E-state index contributed by atoms with van der Waals surface area (Å²) in [5, 5.41) is 17.5. The predicted octanol–water partition coefficient (Wildman–Crippen LogP) is 5.29. The van der Waals surface area contributed by atoms with Crippen molar-refractivity contribution in [2.75, 3.05) is 5.32 Å². The summed E-state index contributed by atoms with van der Waals surface area (Å²) in [5.41, 5.74) is 2.72. The van der Waals surface area contributed by atoms with Crippen LogP contribution < -0.4 is 15.4 Å². The van der Waals surface area contributed by atoms with Crippen LogP contribution in [-0.4, -0.2) is 10.8 Å². The van der Waals surface area contributed by atoms with E-state index >= 15 is 0 Å². The number of carbonyl (C=O) groups is 1. The minimum Gasteiger partial charge on any atom is -0.450 e. The van der Waals surface area contributed by atoms with Gasteiger partial charge in [0.25, 0.3) is 0 Å². The minimum absolute atomic E-state index is 0.0982. The Balaban J connectivity index is 1.54. The fourth-order valence-electron chi connectivity index (χ4n) is 2.78. The van der Waals surface area contributed by atoms with Gasteiger partial charge in [0.05, 0.1) is 4.92 Å². The van der Waals surface area contributed by atoms with E-state index in [1.807, 2.05) is 36.4 Å². The lowest BCUT2D eigenvalue weighted by molar-refractivity contribution is -0.385. The summed E-state index contributed by atoms with van der Waals surface area (Å²) in [7, 11) is 0. The van der Waals surface area contributed by atoms with E-state index in [4.69, 9.17) is 16.3 Å². The zero-order valence-corrected chi connectivity index (χ0v) is 17.0. The zero-order valence-electron chi connectivity index (χ0n) is 16.2. The Morgan fingerprint density at radius 3 is 2.17 bits per heavy atom. The monoisotopic (exact) mass is 425 g/mol. The summed E-state index contributed by atoms with van der Waals surface area (Å²) in [4.78, 5) is 21.7. The van der Waals surface area contributed by atoms with Gasteiger partial charge in [-0.05, 0) is 47.5 Å². The van der Waals surface area contributed by atoms with Gasteiger partial charge < -0.3 is 15.4 Å².